The molecule has 2 aliphatic heterocycles. The Balaban J connectivity index is 2.25. The fourth-order valence-corrected chi connectivity index (χ4v) is 4.90. The fourth-order valence-electron chi connectivity index (χ4n) is 2.39. The van der Waals surface area contributed by atoms with E-state index < -0.39 is 41.9 Å². The highest BCUT2D eigenvalue weighted by Gasteiger charge is 2.60. The monoisotopic (exact) mass is 350 g/mol. The molecule has 1 unspecified atom stereocenters. The molecule has 2 fully saturated rings. The number of ether oxygens (including phenoxy) is 1. The molecule has 0 aromatic carbocycles. The van der Waals surface area contributed by atoms with Gasteiger partial charge in [0.25, 0.3) is 0 Å². The summed E-state index contributed by atoms with van der Waals surface area (Å²) in [5.41, 5.74) is -5.48. The van der Waals surface area contributed by atoms with Gasteiger partial charge in [0.05, 0.1) is 8.07 Å². The van der Waals surface area contributed by atoms with Crippen LogP contribution in [-0.2, 0) is 28.8 Å². The second kappa shape index (κ2) is 5.17. The van der Waals surface area contributed by atoms with Gasteiger partial charge < -0.3 is 4.74 Å². The Bertz CT molecular complexity index is 502. The third kappa shape index (κ3) is 3.59. The van der Waals surface area contributed by atoms with E-state index in [-0.39, 0.29) is 18.9 Å². The van der Waals surface area contributed by atoms with Crippen molar-refractivity contribution in [2.75, 3.05) is 0 Å². The Morgan fingerprint density at radius 2 is 1.90 bits per heavy atom. The Morgan fingerprint density at radius 3 is 2.43 bits per heavy atom. The third-order valence-electron chi connectivity index (χ3n) is 3.09. The van der Waals surface area contributed by atoms with E-state index in [9.17, 15) is 21.6 Å². The maximum absolute atomic E-state index is 12.5. The van der Waals surface area contributed by atoms with Crippen molar-refractivity contribution in [3.05, 3.63) is 0 Å². The van der Waals surface area contributed by atoms with E-state index in [0.29, 0.717) is 0 Å². The first-order valence-corrected chi connectivity index (χ1v) is 11.5. The average Bonchev–Trinajstić information content (AvgIpc) is 2.58. The molecule has 2 heterocycles. The number of halogens is 3. The van der Waals surface area contributed by atoms with Crippen molar-refractivity contribution in [3.8, 4) is 0 Å². The predicted molar refractivity (Wildman–Crippen MR) is 67.0 cm³/mol. The Hall–Kier alpha value is -0.203. The molecule has 11 heteroatoms. The zero-order valence-electron chi connectivity index (χ0n) is 11.8. The molecule has 0 spiro atoms. The second-order valence-corrected chi connectivity index (χ2v) is 13.4. The van der Waals surface area contributed by atoms with Gasteiger partial charge in [-0.05, 0) is 6.42 Å². The van der Waals surface area contributed by atoms with Crippen molar-refractivity contribution in [2.45, 2.75) is 62.2 Å². The molecular formula is C10H17F3O6SSi. The van der Waals surface area contributed by atoms with Crippen LogP contribution in [0.5, 0.6) is 0 Å². The molecule has 0 radical (unpaired) electrons. The molecule has 6 nitrogen and oxygen atoms in total. The molecule has 0 saturated carbocycles. The number of rotatable bonds is 4. The molecule has 124 valence electrons. The Labute approximate surface area is 121 Å². The van der Waals surface area contributed by atoms with E-state index in [4.69, 9.17) is 14.5 Å². The lowest BCUT2D eigenvalue weighted by Gasteiger charge is -2.38. The van der Waals surface area contributed by atoms with Gasteiger partial charge in [-0.25, -0.2) is 4.89 Å². The van der Waals surface area contributed by atoms with Crippen molar-refractivity contribution in [1.29, 1.82) is 0 Å². The van der Waals surface area contributed by atoms with Crippen LogP contribution in [0.1, 0.15) is 12.8 Å². The molecule has 2 aliphatic rings. The maximum atomic E-state index is 12.5. The van der Waals surface area contributed by atoms with E-state index in [1.165, 1.54) is 0 Å². The summed E-state index contributed by atoms with van der Waals surface area (Å²) in [4.78, 5) is 9.97. The summed E-state index contributed by atoms with van der Waals surface area (Å²) in [6.45, 7) is 5.85. The minimum absolute atomic E-state index is 0.0461. The van der Waals surface area contributed by atoms with Crippen LogP contribution in [0.4, 0.5) is 13.2 Å². The number of alkyl halides is 3. The van der Waals surface area contributed by atoms with E-state index in [1.54, 1.807) is 0 Å². The highest BCUT2D eigenvalue weighted by molar-refractivity contribution is 7.87. The molecule has 0 N–H and O–H groups in total. The molecule has 2 saturated heterocycles. The lowest BCUT2D eigenvalue weighted by molar-refractivity contribution is -0.334. The van der Waals surface area contributed by atoms with Crippen LogP contribution in [0.25, 0.3) is 0 Å². The molecule has 2 rings (SSSR count). The standard InChI is InChI=1S/C10H17F3O6SSi/c1-21(2,3)6-9-7(4-5-8(16-9)17-19-9)18-20(14,15)10(11,12)13/h7-8H,4-6H2,1-3H3/t7-,8-,9?/m1/s1. The van der Waals surface area contributed by atoms with Crippen LogP contribution in [0.15, 0.2) is 0 Å². The molecule has 0 aliphatic carbocycles. The van der Waals surface area contributed by atoms with Crippen molar-refractivity contribution >= 4 is 18.2 Å². The van der Waals surface area contributed by atoms with E-state index in [1.807, 2.05) is 19.6 Å². The number of fused-ring (bicyclic) bond motifs is 2. The van der Waals surface area contributed by atoms with Crippen molar-refractivity contribution in [2.24, 2.45) is 0 Å². The van der Waals surface area contributed by atoms with E-state index in [0.717, 1.165) is 0 Å². The van der Waals surface area contributed by atoms with Crippen molar-refractivity contribution in [3.63, 3.8) is 0 Å². The minimum atomic E-state index is -5.72. The lowest BCUT2D eigenvalue weighted by Crippen LogP contribution is -2.53. The van der Waals surface area contributed by atoms with Crippen molar-refractivity contribution in [1.82, 2.24) is 0 Å². The highest BCUT2D eigenvalue weighted by Crippen LogP contribution is 2.45. The van der Waals surface area contributed by atoms with Crippen LogP contribution in [-0.4, -0.2) is 40.2 Å². The summed E-state index contributed by atoms with van der Waals surface area (Å²) in [5.74, 6) is -1.59. The van der Waals surface area contributed by atoms with E-state index in [2.05, 4.69) is 4.18 Å². The minimum Gasteiger partial charge on any atom is -0.313 e. The van der Waals surface area contributed by atoms with Crippen molar-refractivity contribution < 1.29 is 40.3 Å². The summed E-state index contributed by atoms with van der Waals surface area (Å²) < 4.78 is 69.7. The largest absolute Gasteiger partial charge is 0.523 e. The van der Waals surface area contributed by atoms with Crippen LogP contribution in [0.2, 0.25) is 25.7 Å². The summed E-state index contributed by atoms with van der Waals surface area (Å²) in [7, 11) is -7.58. The average molecular weight is 350 g/mol. The quantitative estimate of drug-likeness (QED) is 0.335. The van der Waals surface area contributed by atoms with Gasteiger partial charge >= 0.3 is 15.6 Å². The zero-order chi connectivity index (χ0) is 16.1. The summed E-state index contributed by atoms with van der Waals surface area (Å²) in [6.07, 6.45) is -1.83. The maximum Gasteiger partial charge on any atom is 0.523 e. The van der Waals surface area contributed by atoms with E-state index >= 15 is 0 Å². The van der Waals surface area contributed by atoms with Crippen LogP contribution in [0, 0.1) is 0 Å². The first kappa shape index (κ1) is 17.2. The van der Waals surface area contributed by atoms with Gasteiger partial charge in [-0.3, -0.25) is 4.18 Å². The van der Waals surface area contributed by atoms with Gasteiger partial charge in [0.1, 0.15) is 6.10 Å². The van der Waals surface area contributed by atoms with Gasteiger partial charge in [-0.2, -0.15) is 26.5 Å². The summed E-state index contributed by atoms with van der Waals surface area (Å²) in [5, 5.41) is 0. The summed E-state index contributed by atoms with van der Waals surface area (Å²) >= 11 is 0. The smallest absolute Gasteiger partial charge is 0.313 e. The first-order valence-electron chi connectivity index (χ1n) is 6.37. The van der Waals surface area contributed by atoms with Gasteiger partial charge in [0, 0.05) is 12.5 Å². The zero-order valence-corrected chi connectivity index (χ0v) is 13.6. The van der Waals surface area contributed by atoms with Gasteiger partial charge in [-0.1, -0.05) is 19.6 Å². The normalized spacial score (nSPS) is 34.2. The van der Waals surface area contributed by atoms with Crippen LogP contribution >= 0.6 is 0 Å². The Kier molecular flexibility index (Phi) is 4.22. The molecule has 0 aromatic heterocycles. The predicted octanol–water partition coefficient (Wildman–Crippen LogP) is 2.35. The summed E-state index contributed by atoms with van der Waals surface area (Å²) in [6, 6.07) is 0.258. The molecule has 0 aromatic rings. The molecule has 21 heavy (non-hydrogen) atoms. The van der Waals surface area contributed by atoms with Gasteiger partial charge in [-0.15, -0.1) is 0 Å². The fraction of sp³-hybridized carbons (Fsp3) is 1.00. The SMILES string of the molecule is C[Si](C)(C)CC12OO[C@H](CC[C@H]1OS(=O)(=O)C(F)(F)F)O2. The molecule has 3 atom stereocenters. The Morgan fingerprint density at radius 1 is 1.29 bits per heavy atom. The van der Waals surface area contributed by atoms with Gasteiger partial charge in [0.15, 0.2) is 6.29 Å². The molecule has 2 bridgehead atoms. The van der Waals surface area contributed by atoms with Gasteiger partial charge in [0.2, 0.25) is 5.79 Å². The van der Waals surface area contributed by atoms with Crippen LogP contribution in [0.3, 0.4) is 0 Å². The molecular weight excluding hydrogens is 333 g/mol. The lowest BCUT2D eigenvalue weighted by atomic mass is 10.0. The second-order valence-electron chi connectivity index (χ2n) is 6.34. The third-order valence-corrected chi connectivity index (χ3v) is 5.69. The molecule has 0 amide bonds. The topological polar surface area (TPSA) is 71.1 Å². The highest BCUT2D eigenvalue weighted by atomic mass is 32.2. The first-order chi connectivity index (χ1) is 9.35. The number of hydrogen-bond acceptors (Lipinski definition) is 6. The number of hydrogen-bond donors (Lipinski definition) is 0. The van der Waals surface area contributed by atoms with Crippen LogP contribution < -0.4 is 0 Å².